The predicted molar refractivity (Wildman–Crippen MR) is 257 cm³/mol. The van der Waals surface area contributed by atoms with Crippen LogP contribution in [0, 0.1) is 0 Å². The molecule has 0 radical (unpaired) electrons. The van der Waals surface area contributed by atoms with Crippen LogP contribution in [0.1, 0.15) is 88.3 Å². The molecule has 20 heteroatoms. The van der Waals surface area contributed by atoms with E-state index < -0.39 is 66.8 Å². The van der Waals surface area contributed by atoms with Crippen molar-refractivity contribution in [2.24, 2.45) is 0 Å². The topological polar surface area (TPSA) is 216 Å². The van der Waals surface area contributed by atoms with Crippen LogP contribution >= 0.6 is 0 Å². The number of esters is 2. The third kappa shape index (κ3) is 17.8. The van der Waals surface area contributed by atoms with Gasteiger partial charge < -0.3 is 50.1 Å². The van der Waals surface area contributed by atoms with Crippen molar-refractivity contribution in [3.63, 3.8) is 0 Å². The van der Waals surface area contributed by atoms with Crippen molar-refractivity contribution in [2.45, 2.75) is 69.0 Å². The third-order valence-corrected chi connectivity index (χ3v) is 10.7. The number of halogens is 6. The fraction of sp³-hybridized carbons (Fsp3) is 0.283. The number of nitrogens with two attached hydrogens (primary N) is 2. The van der Waals surface area contributed by atoms with Crippen molar-refractivity contribution in [3.05, 3.63) is 143 Å². The number of methoxy groups -OCH3 is 2. The summed E-state index contributed by atoms with van der Waals surface area (Å²) in [5, 5.41) is 22.8. The minimum atomic E-state index is -4.26. The maximum absolute atomic E-state index is 13.5. The molecule has 5 aromatic rings. The van der Waals surface area contributed by atoms with E-state index in [0.29, 0.717) is 11.1 Å². The Hall–Kier alpha value is -7.84. The Kier molecular flexibility index (Phi) is 19.6. The quantitative estimate of drug-likeness (QED) is 0.00814. The molecule has 5 aromatic carbocycles. The Labute approximate surface area is 415 Å². The lowest BCUT2D eigenvalue weighted by molar-refractivity contribution is -0.187. The lowest BCUT2D eigenvalue weighted by atomic mass is 9.83. The highest BCUT2D eigenvalue weighted by molar-refractivity contribution is 6.01. The van der Waals surface area contributed by atoms with E-state index in [-0.39, 0.29) is 101 Å². The predicted octanol–water partition coefficient (Wildman–Crippen LogP) is 10.2. The van der Waals surface area contributed by atoms with Crippen LogP contribution in [-0.2, 0) is 9.59 Å². The van der Waals surface area contributed by atoms with Gasteiger partial charge in [-0.05, 0) is 133 Å². The van der Waals surface area contributed by atoms with Crippen LogP contribution in [0.5, 0.6) is 34.5 Å². The van der Waals surface area contributed by atoms with Gasteiger partial charge >= 0.3 is 24.3 Å². The van der Waals surface area contributed by atoms with Crippen LogP contribution < -0.4 is 39.9 Å². The standard InChI is InChI=1S/C53H52F6N2O12/c1-68-46-29-35(13-20-44(46)70-25-5-3-23-51(54,55)56)49(64)72-41-16-8-33(9-17-41)7-15-40(62)32-43(37-27-38(60)31-39(61)28-37)53(66,67)48(63)22-12-34-10-18-42(19-11-34)73-50(65)36-14-21-45(47(30-36)69-2)71-26-6-4-24-52(57,58)59/h7-22,27-31,43,66-67H,3-6,23-26,32,60-61H2,1-2H3/b15-7+,22-12+. The molecule has 73 heavy (non-hydrogen) atoms. The smallest absolute Gasteiger partial charge is 0.389 e. The zero-order valence-electron chi connectivity index (χ0n) is 39.5. The molecule has 0 amide bonds. The molecule has 14 nitrogen and oxygen atoms in total. The molecule has 1 unspecified atom stereocenters. The average molecular weight is 1020 g/mol. The van der Waals surface area contributed by atoms with Crippen LogP contribution in [-0.4, -0.2) is 79.3 Å². The van der Waals surface area contributed by atoms with Crippen LogP contribution in [0.2, 0.25) is 0 Å². The summed E-state index contributed by atoms with van der Waals surface area (Å²) < 4.78 is 107. The van der Waals surface area contributed by atoms with Gasteiger partial charge in [0.15, 0.2) is 28.8 Å². The van der Waals surface area contributed by atoms with Gasteiger partial charge in [-0.25, -0.2) is 9.59 Å². The molecule has 0 aliphatic carbocycles. The van der Waals surface area contributed by atoms with Crippen LogP contribution in [0.3, 0.4) is 0 Å². The Morgan fingerprint density at radius 3 is 1.40 bits per heavy atom. The zero-order chi connectivity index (χ0) is 53.3. The monoisotopic (exact) mass is 1020 g/mol. The number of benzene rings is 5. The van der Waals surface area contributed by atoms with E-state index in [4.69, 9.17) is 39.9 Å². The van der Waals surface area contributed by atoms with Crippen LogP contribution in [0.25, 0.3) is 12.2 Å². The largest absolute Gasteiger partial charge is 0.493 e. The van der Waals surface area contributed by atoms with Crippen LogP contribution in [0.15, 0.2) is 115 Å². The van der Waals surface area contributed by atoms with E-state index in [1.807, 2.05) is 0 Å². The maximum atomic E-state index is 13.5. The summed E-state index contributed by atoms with van der Waals surface area (Å²) >= 11 is 0. The molecule has 5 rings (SSSR count). The molecule has 6 N–H and O–H groups in total. The number of allylic oxidation sites excluding steroid dienone is 1. The number of hydrogen-bond donors (Lipinski definition) is 4. The average Bonchev–Trinajstić information content (AvgIpc) is 3.33. The number of carbonyl (C=O) groups excluding carboxylic acids is 4. The van der Waals surface area contributed by atoms with Gasteiger partial charge in [0.2, 0.25) is 11.6 Å². The molecule has 0 aromatic heterocycles. The first-order valence-corrected chi connectivity index (χ1v) is 22.5. The molecule has 0 saturated heterocycles. The number of aliphatic hydroxyl groups is 2. The van der Waals surface area contributed by atoms with Gasteiger partial charge in [0, 0.05) is 30.6 Å². The summed E-state index contributed by atoms with van der Waals surface area (Å²) in [6, 6.07) is 24.3. The molecule has 0 heterocycles. The summed E-state index contributed by atoms with van der Waals surface area (Å²) in [4.78, 5) is 52.8. The number of alkyl halides is 6. The summed E-state index contributed by atoms with van der Waals surface area (Å²) in [6.45, 7) is 0.0109. The molecule has 0 fully saturated rings. The second kappa shape index (κ2) is 25.5. The first kappa shape index (κ1) is 56.1. The van der Waals surface area contributed by atoms with Gasteiger partial charge in [-0.2, -0.15) is 26.3 Å². The minimum Gasteiger partial charge on any atom is -0.493 e. The second-order valence-electron chi connectivity index (χ2n) is 16.4. The lowest BCUT2D eigenvalue weighted by Gasteiger charge is -2.29. The normalized spacial score (nSPS) is 12.4. The summed E-state index contributed by atoms with van der Waals surface area (Å²) in [5.74, 6) is -7.03. The van der Waals surface area contributed by atoms with Crippen molar-refractivity contribution >= 4 is 47.0 Å². The molecule has 388 valence electrons. The number of rotatable bonds is 25. The highest BCUT2D eigenvalue weighted by Gasteiger charge is 2.42. The first-order valence-electron chi connectivity index (χ1n) is 22.5. The number of anilines is 2. The number of ether oxygens (including phenoxy) is 6. The highest BCUT2D eigenvalue weighted by Crippen LogP contribution is 2.35. The van der Waals surface area contributed by atoms with Gasteiger partial charge in [-0.1, -0.05) is 36.4 Å². The van der Waals surface area contributed by atoms with Gasteiger partial charge in [0.25, 0.3) is 0 Å². The number of nitrogen functional groups attached to an aromatic ring is 2. The third-order valence-electron chi connectivity index (χ3n) is 10.7. The zero-order valence-corrected chi connectivity index (χ0v) is 39.5. The van der Waals surface area contributed by atoms with E-state index in [2.05, 4.69) is 0 Å². The van der Waals surface area contributed by atoms with E-state index in [1.54, 1.807) is 12.1 Å². The molecule has 0 bridgehead atoms. The van der Waals surface area contributed by atoms with Gasteiger partial charge in [-0.3, -0.25) is 9.59 Å². The Bertz CT molecular complexity index is 2740. The highest BCUT2D eigenvalue weighted by atomic mass is 19.4. The van der Waals surface area contributed by atoms with Crippen LogP contribution in [0.4, 0.5) is 37.7 Å². The van der Waals surface area contributed by atoms with Gasteiger partial charge in [0.05, 0.1) is 44.5 Å². The van der Waals surface area contributed by atoms with E-state index in [0.717, 1.165) is 12.2 Å². The van der Waals surface area contributed by atoms with E-state index >= 15 is 0 Å². The maximum Gasteiger partial charge on any atom is 0.389 e. The van der Waals surface area contributed by atoms with Crippen molar-refractivity contribution in [3.8, 4) is 34.5 Å². The Morgan fingerprint density at radius 1 is 0.562 bits per heavy atom. The molecule has 0 saturated carbocycles. The van der Waals surface area contributed by atoms with Gasteiger partial charge in [0.1, 0.15) is 11.5 Å². The molecule has 0 aliphatic heterocycles. The van der Waals surface area contributed by atoms with Crippen molar-refractivity contribution in [2.75, 3.05) is 38.9 Å². The lowest BCUT2D eigenvalue weighted by Crippen LogP contribution is -2.44. The van der Waals surface area contributed by atoms with Gasteiger partial charge in [-0.15, -0.1) is 0 Å². The number of carbonyl (C=O) groups is 4. The Balaban J connectivity index is 1.18. The molecular formula is C53H52F6N2O12. The van der Waals surface area contributed by atoms with Crippen molar-refractivity contribution < 1.29 is 84.2 Å². The summed E-state index contributed by atoms with van der Waals surface area (Å²) in [7, 11) is 2.67. The number of ketones is 2. The van der Waals surface area contributed by atoms with E-state index in [9.17, 15) is 55.7 Å². The molecule has 1 atom stereocenters. The SMILES string of the molecule is COc1cc(C(=O)Oc2ccc(/C=C/C(=O)CC(c3cc(N)cc(N)c3)C(O)(O)C(=O)/C=C/c3ccc(OC(=O)c4ccc(OCCCCC(F)(F)F)c(OC)c4)cc3)cc2)ccc1OCCCCC(F)(F)F. The fourth-order valence-electron chi connectivity index (χ4n) is 6.99. The fourth-order valence-corrected chi connectivity index (χ4v) is 6.99. The molecular weight excluding hydrogens is 971 g/mol. The molecule has 0 spiro atoms. The van der Waals surface area contributed by atoms with Crippen molar-refractivity contribution in [1.82, 2.24) is 0 Å². The Morgan fingerprint density at radius 2 is 0.986 bits per heavy atom. The van der Waals surface area contributed by atoms with Crippen molar-refractivity contribution in [1.29, 1.82) is 0 Å². The van der Waals surface area contributed by atoms with E-state index in [1.165, 1.54) is 117 Å². The molecule has 0 aliphatic rings. The number of unbranched alkanes of at least 4 members (excludes halogenated alkanes) is 2. The first-order chi connectivity index (χ1) is 34.5. The number of hydrogen-bond acceptors (Lipinski definition) is 14. The summed E-state index contributed by atoms with van der Waals surface area (Å²) in [6.07, 6.45) is -6.10. The second-order valence-corrected chi connectivity index (χ2v) is 16.4. The summed E-state index contributed by atoms with van der Waals surface area (Å²) in [5.41, 5.74) is 13.4. The minimum absolute atomic E-state index is 0.00245.